The predicted octanol–water partition coefficient (Wildman–Crippen LogP) is 3.18. The molecular formula is C22H29N3O3. The van der Waals surface area contributed by atoms with Crippen molar-refractivity contribution < 1.29 is 14.6 Å². The lowest BCUT2D eigenvalue weighted by molar-refractivity contribution is 0.131. The van der Waals surface area contributed by atoms with Gasteiger partial charge in [0, 0.05) is 38.3 Å². The average molecular weight is 383 g/mol. The number of hydrogen-bond donors (Lipinski definition) is 1. The van der Waals surface area contributed by atoms with Gasteiger partial charge in [0.05, 0.1) is 20.4 Å². The van der Waals surface area contributed by atoms with Crippen molar-refractivity contribution in [2.45, 2.75) is 20.4 Å². The van der Waals surface area contributed by atoms with E-state index in [1.165, 1.54) is 30.9 Å². The zero-order valence-electron chi connectivity index (χ0n) is 17.1. The van der Waals surface area contributed by atoms with Gasteiger partial charge in [-0.05, 0) is 37.1 Å². The number of rotatable bonds is 6. The number of aromatic hydroxyl groups is 1. The Morgan fingerprint density at radius 3 is 2.21 bits per heavy atom. The lowest BCUT2D eigenvalue weighted by atomic mass is 10.1. The van der Waals surface area contributed by atoms with E-state index in [4.69, 9.17) is 9.47 Å². The monoisotopic (exact) mass is 383 g/mol. The molecule has 1 N–H and O–H groups in total. The van der Waals surface area contributed by atoms with E-state index in [0.29, 0.717) is 11.5 Å². The van der Waals surface area contributed by atoms with Crippen LogP contribution in [0.15, 0.2) is 35.4 Å². The third-order valence-corrected chi connectivity index (χ3v) is 5.11. The second-order valence-electron chi connectivity index (χ2n) is 7.18. The normalized spacial score (nSPS) is 15.2. The second kappa shape index (κ2) is 8.97. The summed E-state index contributed by atoms with van der Waals surface area (Å²) >= 11 is 0. The van der Waals surface area contributed by atoms with Crippen LogP contribution in [-0.2, 0) is 6.54 Å². The van der Waals surface area contributed by atoms with Crippen molar-refractivity contribution in [1.82, 2.24) is 9.91 Å². The predicted molar refractivity (Wildman–Crippen MR) is 112 cm³/mol. The van der Waals surface area contributed by atoms with Gasteiger partial charge in [-0.3, -0.25) is 9.91 Å². The molecule has 0 saturated carbocycles. The molecule has 0 spiro atoms. The Morgan fingerprint density at radius 2 is 1.64 bits per heavy atom. The molecule has 150 valence electrons. The van der Waals surface area contributed by atoms with Gasteiger partial charge >= 0.3 is 0 Å². The van der Waals surface area contributed by atoms with Crippen LogP contribution in [0.4, 0.5) is 0 Å². The summed E-state index contributed by atoms with van der Waals surface area (Å²) < 4.78 is 10.4. The highest BCUT2D eigenvalue weighted by Crippen LogP contribution is 2.36. The molecule has 3 rings (SSSR count). The minimum absolute atomic E-state index is 0.00200. The molecule has 2 aromatic carbocycles. The number of phenolic OH excluding ortho intramolecular Hbond substituents is 1. The highest BCUT2D eigenvalue weighted by atomic mass is 16.5. The Hall–Kier alpha value is -2.73. The maximum atomic E-state index is 10.0. The smallest absolute Gasteiger partial charge is 0.200 e. The molecule has 1 saturated heterocycles. The minimum Gasteiger partial charge on any atom is -0.502 e. The van der Waals surface area contributed by atoms with Crippen LogP contribution in [0.3, 0.4) is 0 Å². The number of benzene rings is 2. The molecule has 28 heavy (non-hydrogen) atoms. The Morgan fingerprint density at radius 1 is 1.00 bits per heavy atom. The van der Waals surface area contributed by atoms with E-state index in [9.17, 15) is 5.11 Å². The zero-order valence-corrected chi connectivity index (χ0v) is 17.1. The van der Waals surface area contributed by atoms with Crippen molar-refractivity contribution >= 4 is 6.21 Å². The summed E-state index contributed by atoms with van der Waals surface area (Å²) in [5, 5.41) is 16.7. The lowest BCUT2D eigenvalue weighted by Crippen LogP contribution is -2.43. The average Bonchev–Trinajstić information content (AvgIpc) is 2.70. The number of methoxy groups -OCH3 is 2. The molecule has 0 bridgehead atoms. The molecule has 0 unspecified atom stereocenters. The fourth-order valence-electron chi connectivity index (χ4n) is 3.41. The van der Waals surface area contributed by atoms with Gasteiger partial charge in [0.15, 0.2) is 11.5 Å². The van der Waals surface area contributed by atoms with Crippen LogP contribution in [0.2, 0.25) is 0 Å². The highest BCUT2D eigenvalue weighted by Gasteiger charge is 2.16. The molecule has 2 aromatic rings. The Balaban J connectivity index is 1.58. The second-order valence-corrected chi connectivity index (χ2v) is 7.18. The van der Waals surface area contributed by atoms with Gasteiger partial charge < -0.3 is 14.6 Å². The van der Waals surface area contributed by atoms with Crippen LogP contribution in [0.5, 0.6) is 17.2 Å². The van der Waals surface area contributed by atoms with E-state index >= 15 is 0 Å². The first-order valence-electron chi connectivity index (χ1n) is 9.52. The van der Waals surface area contributed by atoms with Gasteiger partial charge in [0.2, 0.25) is 5.75 Å². The fraction of sp³-hybridized carbons (Fsp3) is 0.409. The first-order valence-corrected chi connectivity index (χ1v) is 9.52. The highest BCUT2D eigenvalue weighted by molar-refractivity contribution is 5.82. The molecular weight excluding hydrogens is 354 g/mol. The van der Waals surface area contributed by atoms with Crippen LogP contribution in [-0.4, -0.2) is 61.6 Å². The number of nitrogens with zero attached hydrogens (tertiary/aromatic N) is 3. The van der Waals surface area contributed by atoms with E-state index in [1.807, 2.05) is 0 Å². The van der Waals surface area contributed by atoms with Crippen molar-refractivity contribution in [1.29, 1.82) is 0 Å². The van der Waals surface area contributed by atoms with Crippen LogP contribution in [0, 0.1) is 13.8 Å². The van der Waals surface area contributed by atoms with Gasteiger partial charge in [-0.1, -0.05) is 23.8 Å². The van der Waals surface area contributed by atoms with Gasteiger partial charge in [0.25, 0.3) is 0 Å². The molecule has 6 nitrogen and oxygen atoms in total. The van der Waals surface area contributed by atoms with E-state index in [1.54, 1.807) is 18.3 Å². The van der Waals surface area contributed by atoms with Crippen LogP contribution >= 0.6 is 0 Å². The molecule has 1 heterocycles. The maximum absolute atomic E-state index is 10.0. The van der Waals surface area contributed by atoms with E-state index < -0.39 is 0 Å². The van der Waals surface area contributed by atoms with Crippen LogP contribution < -0.4 is 9.47 Å². The summed E-state index contributed by atoms with van der Waals surface area (Å²) in [6.45, 7) is 9.02. The van der Waals surface area contributed by atoms with E-state index in [0.717, 1.165) is 38.3 Å². The largest absolute Gasteiger partial charge is 0.502 e. The first kappa shape index (κ1) is 20.0. The quantitative estimate of drug-likeness (QED) is 0.777. The van der Waals surface area contributed by atoms with Crippen molar-refractivity contribution in [3.05, 3.63) is 52.6 Å². The lowest BCUT2D eigenvalue weighted by Gasteiger charge is -2.33. The zero-order chi connectivity index (χ0) is 20.1. The Labute approximate surface area is 167 Å². The number of aryl methyl sites for hydroxylation is 2. The summed E-state index contributed by atoms with van der Waals surface area (Å²) in [6.07, 6.45) is 1.78. The standard InChI is InChI=1S/C22H29N3O3/c1-16-5-6-19(17(2)11-16)15-24-7-9-25(10-8-24)23-14-18-12-20(27-3)22(26)21(13-18)28-4/h5-6,11-14,26H,7-10,15H2,1-4H3/b23-14+. The number of hydrazone groups is 1. The summed E-state index contributed by atoms with van der Waals surface area (Å²) in [7, 11) is 3.04. The fourth-order valence-corrected chi connectivity index (χ4v) is 3.41. The number of ether oxygens (including phenoxy) is 2. The Kier molecular flexibility index (Phi) is 6.41. The SMILES string of the molecule is COc1cc(/C=N/N2CCN(Cc3ccc(C)cc3C)CC2)cc(OC)c1O. The maximum Gasteiger partial charge on any atom is 0.200 e. The molecule has 0 aromatic heterocycles. The summed E-state index contributed by atoms with van der Waals surface area (Å²) in [4.78, 5) is 2.47. The van der Waals surface area contributed by atoms with E-state index in [2.05, 4.69) is 47.1 Å². The third kappa shape index (κ3) is 4.75. The molecule has 0 atom stereocenters. The third-order valence-electron chi connectivity index (χ3n) is 5.11. The van der Waals surface area contributed by atoms with Crippen LogP contribution in [0.1, 0.15) is 22.3 Å². The molecule has 1 aliphatic rings. The minimum atomic E-state index is 0.00200. The topological polar surface area (TPSA) is 57.5 Å². The summed E-state index contributed by atoms with van der Waals surface area (Å²) in [5.74, 6) is 0.750. The van der Waals surface area contributed by atoms with Crippen molar-refractivity contribution in [3.8, 4) is 17.2 Å². The number of hydrogen-bond acceptors (Lipinski definition) is 6. The molecule has 0 amide bonds. The van der Waals surface area contributed by atoms with Crippen molar-refractivity contribution in [2.24, 2.45) is 5.10 Å². The van der Waals surface area contributed by atoms with Gasteiger partial charge in [-0.2, -0.15) is 5.10 Å². The Bertz CT molecular complexity index is 818. The van der Waals surface area contributed by atoms with Crippen molar-refractivity contribution in [3.63, 3.8) is 0 Å². The summed E-state index contributed by atoms with van der Waals surface area (Å²) in [5.41, 5.74) is 4.88. The van der Waals surface area contributed by atoms with Gasteiger partial charge in [-0.15, -0.1) is 0 Å². The molecule has 1 fully saturated rings. The van der Waals surface area contributed by atoms with Gasteiger partial charge in [-0.25, -0.2) is 0 Å². The number of piperazine rings is 1. The molecule has 1 aliphatic heterocycles. The molecule has 0 aliphatic carbocycles. The molecule has 6 heteroatoms. The van der Waals surface area contributed by atoms with Crippen molar-refractivity contribution in [2.75, 3.05) is 40.4 Å². The van der Waals surface area contributed by atoms with E-state index in [-0.39, 0.29) is 5.75 Å². The summed E-state index contributed by atoms with van der Waals surface area (Å²) in [6, 6.07) is 10.2. The van der Waals surface area contributed by atoms with Crippen LogP contribution in [0.25, 0.3) is 0 Å². The van der Waals surface area contributed by atoms with Gasteiger partial charge in [0.1, 0.15) is 0 Å². The first-order chi connectivity index (χ1) is 13.5. The molecule has 0 radical (unpaired) electrons. The number of phenols is 1.